The van der Waals surface area contributed by atoms with Crippen LogP contribution in [0.5, 0.6) is 0 Å². The summed E-state index contributed by atoms with van der Waals surface area (Å²) in [6, 6.07) is 3.80. The number of amides is 1. The quantitative estimate of drug-likeness (QED) is 0.855. The third-order valence-corrected chi connectivity index (χ3v) is 4.19. The summed E-state index contributed by atoms with van der Waals surface area (Å²) < 4.78 is 13.0. The number of pyridine rings is 1. The lowest BCUT2D eigenvalue weighted by Gasteiger charge is -2.37. The van der Waals surface area contributed by atoms with Crippen LogP contribution >= 0.6 is 11.6 Å². The summed E-state index contributed by atoms with van der Waals surface area (Å²) in [6.07, 6.45) is 4.92. The molecular formula is C17H22ClN3O3. The predicted molar refractivity (Wildman–Crippen MR) is 91.2 cm³/mol. The first-order valence-electron chi connectivity index (χ1n) is 8.04. The Balaban J connectivity index is 1.53. The van der Waals surface area contributed by atoms with Crippen LogP contribution < -0.4 is 5.32 Å². The first-order chi connectivity index (χ1) is 11.3. The largest absolute Gasteiger partial charge is 0.444 e. The smallest absolute Gasteiger partial charge is 0.407 e. The highest BCUT2D eigenvalue weighted by Crippen LogP contribution is 2.26. The highest BCUT2D eigenvalue weighted by molar-refractivity contribution is 6.29. The fourth-order valence-electron chi connectivity index (χ4n) is 2.61. The molecule has 1 amide bonds. The lowest BCUT2D eigenvalue weighted by Crippen LogP contribution is -2.52. The molecule has 2 aromatic heterocycles. The minimum absolute atomic E-state index is 0.00716. The average Bonchev–Trinajstić information content (AvgIpc) is 2.91. The topological polar surface area (TPSA) is 64.9 Å². The maximum absolute atomic E-state index is 11.8. The monoisotopic (exact) mass is 351 g/mol. The van der Waals surface area contributed by atoms with Crippen molar-refractivity contribution < 1.29 is 14.3 Å². The van der Waals surface area contributed by atoms with Gasteiger partial charge in [0, 0.05) is 12.4 Å². The molecule has 0 unspecified atom stereocenters. The molecule has 6 nitrogen and oxygen atoms in total. The van der Waals surface area contributed by atoms with Gasteiger partial charge in [-0.15, -0.1) is 0 Å². The lowest BCUT2D eigenvalue weighted by molar-refractivity contribution is -0.0391. The maximum atomic E-state index is 11.8. The van der Waals surface area contributed by atoms with Crippen LogP contribution in [-0.2, 0) is 16.1 Å². The van der Waals surface area contributed by atoms with Crippen LogP contribution in [0, 0.1) is 0 Å². The van der Waals surface area contributed by atoms with Gasteiger partial charge in [0.1, 0.15) is 16.4 Å². The third kappa shape index (κ3) is 3.99. The van der Waals surface area contributed by atoms with E-state index in [0.29, 0.717) is 11.8 Å². The van der Waals surface area contributed by atoms with E-state index in [9.17, 15) is 4.79 Å². The molecule has 0 radical (unpaired) electrons. The Labute approximate surface area is 146 Å². The lowest BCUT2D eigenvalue weighted by atomic mass is 9.89. The number of aromatic nitrogens is 2. The molecule has 0 aliphatic heterocycles. The zero-order valence-electron chi connectivity index (χ0n) is 14.1. The fourth-order valence-corrected chi connectivity index (χ4v) is 2.90. The van der Waals surface area contributed by atoms with Gasteiger partial charge in [0.15, 0.2) is 0 Å². The number of hydrogen-bond donors (Lipinski definition) is 1. The zero-order valence-corrected chi connectivity index (χ0v) is 14.8. The number of fused-ring (bicyclic) bond motifs is 1. The first kappa shape index (κ1) is 17.0. The van der Waals surface area contributed by atoms with E-state index in [1.807, 2.05) is 39.1 Å². The Bertz CT molecular complexity index is 738. The van der Waals surface area contributed by atoms with E-state index >= 15 is 0 Å². The van der Waals surface area contributed by atoms with Gasteiger partial charge < -0.3 is 14.8 Å². The molecule has 2 heterocycles. The second-order valence-corrected chi connectivity index (χ2v) is 7.41. The number of ether oxygens (including phenoxy) is 2. The number of halogens is 1. The Kier molecular flexibility index (Phi) is 4.69. The predicted octanol–water partition coefficient (Wildman–Crippen LogP) is 3.56. The summed E-state index contributed by atoms with van der Waals surface area (Å²) in [4.78, 5) is 16.1. The number of nitrogens with one attached hydrogen (secondary N) is 1. The number of imidazole rings is 1. The zero-order chi connectivity index (χ0) is 17.3. The van der Waals surface area contributed by atoms with Gasteiger partial charge in [-0.25, -0.2) is 9.78 Å². The maximum Gasteiger partial charge on any atom is 0.407 e. The van der Waals surface area contributed by atoms with Crippen molar-refractivity contribution in [2.75, 3.05) is 0 Å². The van der Waals surface area contributed by atoms with E-state index in [4.69, 9.17) is 21.1 Å². The molecule has 0 spiro atoms. The molecule has 7 heteroatoms. The summed E-state index contributed by atoms with van der Waals surface area (Å²) in [5.74, 6) is 0. The summed E-state index contributed by atoms with van der Waals surface area (Å²) in [5, 5.41) is 3.47. The Morgan fingerprint density at radius 2 is 2.21 bits per heavy atom. The molecular weight excluding hydrogens is 330 g/mol. The number of hydrogen-bond acceptors (Lipinski definition) is 4. The first-order valence-corrected chi connectivity index (χ1v) is 8.42. The van der Waals surface area contributed by atoms with Crippen molar-refractivity contribution in [1.82, 2.24) is 14.7 Å². The molecule has 3 rings (SSSR count). The number of alkyl carbamates (subject to hydrolysis) is 1. The Hall–Kier alpha value is -1.79. The van der Waals surface area contributed by atoms with Crippen LogP contribution in [0.3, 0.4) is 0 Å². The normalized spacial score (nSPS) is 20.7. The van der Waals surface area contributed by atoms with E-state index in [2.05, 4.69) is 10.3 Å². The van der Waals surface area contributed by atoms with E-state index in [-0.39, 0.29) is 12.1 Å². The van der Waals surface area contributed by atoms with E-state index in [1.54, 1.807) is 10.6 Å². The second-order valence-electron chi connectivity index (χ2n) is 7.02. The standard InChI is InChI=1S/C17H22ClN3O3/c1-17(2,3)24-16(22)20-12-4-5-13(12)23-10-11-8-14(18)21-7-6-19-15(21)9-11/h6-9,12-13H,4-5,10H2,1-3H3,(H,20,22)/t12-,13-/m1/s1. The molecule has 1 N–H and O–H groups in total. The van der Waals surface area contributed by atoms with Gasteiger partial charge in [0.2, 0.25) is 0 Å². The highest BCUT2D eigenvalue weighted by Gasteiger charge is 2.34. The van der Waals surface area contributed by atoms with Crippen LogP contribution in [0.1, 0.15) is 39.2 Å². The van der Waals surface area contributed by atoms with Crippen molar-refractivity contribution in [2.45, 2.75) is 58.0 Å². The molecule has 130 valence electrons. The van der Waals surface area contributed by atoms with Crippen LogP contribution in [0.15, 0.2) is 24.5 Å². The minimum Gasteiger partial charge on any atom is -0.444 e. The van der Waals surface area contributed by atoms with Gasteiger partial charge in [-0.1, -0.05) is 11.6 Å². The van der Waals surface area contributed by atoms with Crippen molar-refractivity contribution in [3.63, 3.8) is 0 Å². The summed E-state index contributed by atoms with van der Waals surface area (Å²) in [7, 11) is 0. The van der Waals surface area contributed by atoms with Crippen LogP contribution in [0.2, 0.25) is 5.15 Å². The Morgan fingerprint density at radius 1 is 1.42 bits per heavy atom. The van der Waals surface area contributed by atoms with Crippen molar-refractivity contribution in [2.24, 2.45) is 0 Å². The molecule has 0 bridgehead atoms. The van der Waals surface area contributed by atoms with Gasteiger partial charge in [-0.3, -0.25) is 4.40 Å². The molecule has 1 aliphatic carbocycles. The van der Waals surface area contributed by atoms with Crippen molar-refractivity contribution >= 4 is 23.3 Å². The van der Waals surface area contributed by atoms with E-state index in [0.717, 1.165) is 24.1 Å². The van der Waals surface area contributed by atoms with Gasteiger partial charge in [-0.2, -0.15) is 0 Å². The number of carbonyl (C=O) groups excluding carboxylic acids is 1. The fraction of sp³-hybridized carbons (Fsp3) is 0.529. The van der Waals surface area contributed by atoms with Gasteiger partial charge in [0.25, 0.3) is 0 Å². The highest BCUT2D eigenvalue weighted by atomic mass is 35.5. The summed E-state index contributed by atoms with van der Waals surface area (Å²) in [5.41, 5.74) is 1.25. The minimum atomic E-state index is -0.499. The van der Waals surface area contributed by atoms with Gasteiger partial charge in [0.05, 0.1) is 18.8 Å². The van der Waals surface area contributed by atoms with E-state index < -0.39 is 11.7 Å². The van der Waals surface area contributed by atoms with E-state index in [1.165, 1.54) is 0 Å². The summed E-state index contributed by atoms with van der Waals surface area (Å²) >= 11 is 6.22. The molecule has 2 aromatic rings. The molecule has 1 aliphatic rings. The van der Waals surface area contributed by atoms with Crippen LogP contribution in [0.4, 0.5) is 4.79 Å². The van der Waals surface area contributed by atoms with Crippen molar-refractivity contribution in [1.29, 1.82) is 0 Å². The SMILES string of the molecule is CC(C)(C)OC(=O)N[C@@H]1CC[C@H]1OCc1cc(Cl)n2ccnc2c1. The summed E-state index contributed by atoms with van der Waals surface area (Å²) in [6.45, 7) is 5.96. The number of carbonyl (C=O) groups is 1. The van der Waals surface area contributed by atoms with Crippen molar-refractivity contribution in [3.8, 4) is 0 Å². The number of nitrogens with zero attached hydrogens (tertiary/aromatic N) is 2. The van der Waals surface area contributed by atoms with Crippen LogP contribution in [0.25, 0.3) is 5.65 Å². The average molecular weight is 352 g/mol. The Morgan fingerprint density at radius 3 is 2.88 bits per heavy atom. The molecule has 2 atom stereocenters. The molecule has 0 aromatic carbocycles. The van der Waals surface area contributed by atoms with Gasteiger partial charge >= 0.3 is 6.09 Å². The molecule has 0 saturated heterocycles. The third-order valence-electron chi connectivity index (χ3n) is 3.90. The molecule has 1 saturated carbocycles. The van der Waals surface area contributed by atoms with Crippen molar-refractivity contribution in [3.05, 3.63) is 35.2 Å². The second kappa shape index (κ2) is 6.61. The van der Waals surface area contributed by atoms with Crippen LogP contribution in [-0.4, -0.2) is 33.2 Å². The molecule has 24 heavy (non-hydrogen) atoms. The van der Waals surface area contributed by atoms with Gasteiger partial charge in [-0.05, 0) is 51.3 Å². The molecule has 1 fully saturated rings. The number of rotatable bonds is 4.